The Morgan fingerprint density at radius 3 is 2.52 bits per heavy atom. The molecule has 0 unspecified atom stereocenters. The number of hydrogen-bond donors (Lipinski definition) is 0. The number of terminal acetylenes is 1. The van der Waals surface area contributed by atoms with Gasteiger partial charge in [0.15, 0.2) is 0 Å². The maximum Gasteiger partial charge on any atom is 0.244 e. The predicted octanol–water partition coefficient (Wildman–Crippen LogP) is 1.92. The van der Waals surface area contributed by atoms with Crippen molar-refractivity contribution in [1.29, 1.82) is 0 Å². The molecule has 0 aromatic heterocycles. The third-order valence-corrected chi connectivity index (χ3v) is 6.29. The number of rotatable bonds is 4. The van der Waals surface area contributed by atoms with Crippen molar-refractivity contribution in [3.05, 3.63) is 28.5 Å². The molecule has 0 aliphatic carbocycles. The van der Waals surface area contributed by atoms with Crippen molar-refractivity contribution < 1.29 is 12.8 Å². The van der Waals surface area contributed by atoms with Gasteiger partial charge in [-0.05, 0) is 34.1 Å². The first-order valence-corrected chi connectivity index (χ1v) is 8.79. The molecule has 0 amide bonds. The molecule has 0 radical (unpaired) electrons. The zero-order chi connectivity index (χ0) is 15.5. The first kappa shape index (κ1) is 16.4. The van der Waals surface area contributed by atoms with Crippen molar-refractivity contribution in [1.82, 2.24) is 9.21 Å². The molecule has 2 rings (SSSR count). The van der Waals surface area contributed by atoms with E-state index in [1.165, 1.54) is 10.4 Å². The Morgan fingerprint density at radius 1 is 1.29 bits per heavy atom. The number of nitrogens with zero attached hydrogens (tertiary/aromatic N) is 2. The highest BCUT2D eigenvalue weighted by atomic mass is 79.9. The van der Waals surface area contributed by atoms with Crippen molar-refractivity contribution in [2.24, 2.45) is 0 Å². The Hall–Kier alpha value is -0.940. The molecule has 1 aliphatic heterocycles. The van der Waals surface area contributed by atoms with Gasteiger partial charge in [-0.3, -0.25) is 4.90 Å². The number of hydrogen-bond acceptors (Lipinski definition) is 3. The molecular weight excluding hydrogens is 359 g/mol. The second kappa shape index (κ2) is 6.88. The Bertz CT molecular complexity index is 649. The van der Waals surface area contributed by atoms with E-state index in [1.807, 2.05) is 0 Å². The minimum Gasteiger partial charge on any atom is -0.300 e. The van der Waals surface area contributed by atoms with Crippen LogP contribution in [-0.2, 0) is 10.0 Å². The van der Waals surface area contributed by atoms with Crippen LogP contribution in [0, 0.1) is 18.2 Å². The molecule has 4 nitrogen and oxygen atoms in total. The van der Waals surface area contributed by atoms with Crippen LogP contribution in [0.4, 0.5) is 4.39 Å². The summed E-state index contributed by atoms with van der Waals surface area (Å²) >= 11 is 3.12. The lowest BCUT2D eigenvalue weighted by molar-refractivity contribution is 0.192. The molecule has 0 spiro atoms. The normalized spacial score (nSPS) is 17.6. The second-order valence-corrected chi connectivity index (χ2v) is 7.54. The molecule has 1 aromatic rings. The number of sulfonamides is 1. The van der Waals surface area contributed by atoms with Crippen LogP contribution in [0.25, 0.3) is 0 Å². The molecule has 0 saturated carbocycles. The highest BCUT2D eigenvalue weighted by molar-refractivity contribution is 9.10. The van der Waals surface area contributed by atoms with E-state index in [9.17, 15) is 12.8 Å². The van der Waals surface area contributed by atoms with Crippen LogP contribution in [-0.4, -0.2) is 50.3 Å². The van der Waals surface area contributed by atoms with Crippen LogP contribution in [0.5, 0.6) is 0 Å². The lowest BCUT2D eigenvalue weighted by Crippen LogP contribution is -2.48. The molecule has 7 heteroatoms. The van der Waals surface area contributed by atoms with E-state index in [0.717, 1.165) is 18.7 Å². The SMILES string of the molecule is C#CCCN1CCN(S(=O)(=O)c2ccc(F)cc2Br)CC1. The Morgan fingerprint density at radius 2 is 1.95 bits per heavy atom. The monoisotopic (exact) mass is 374 g/mol. The van der Waals surface area contributed by atoms with E-state index in [2.05, 4.69) is 26.8 Å². The smallest absolute Gasteiger partial charge is 0.244 e. The molecule has 0 N–H and O–H groups in total. The molecule has 0 bridgehead atoms. The van der Waals surface area contributed by atoms with Crippen LogP contribution in [0.2, 0.25) is 0 Å². The lowest BCUT2D eigenvalue weighted by Gasteiger charge is -2.33. The zero-order valence-corrected chi connectivity index (χ0v) is 13.8. The summed E-state index contributed by atoms with van der Waals surface area (Å²) in [5.74, 6) is 2.11. The summed E-state index contributed by atoms with van der Waals surface area (Å²) in [6, 6.07) is 3.61. The Kier molecular flexibility index (Phi) is 5.38. The maximum atomic E-state index is 13.1. The average molecular weight is 375 g/mol. The van der Waals surface area contributed by atoms with Crippen molar-refractivity contribution in [2.45, 2.75) is 11.3 Å². The fourth-order valence-electron chi connectivity index (χ4n) is 2.24. The van der Waals surface area contributed by atoms with E-state index in [1.54, 1.807) is 0 Å². The fraction of sp³-hybridized carbons (Fsp3) is 0.429. The standard InChI is InChI=1S/C14H16BrFN2O2S/c1-2-3-6-17-7-9-18(10-8-17)21(19,20)14-5-4-12(16)11-13(14)15/h1,4-5,11H,3,6-10H2. The summed E-state index contributed by atoms with van der Waals surface area (Å²) in [5, 5.41) is 0. The molecule has 0 atom stereocenters. The quantitative estimate of drug-likeness (QED) is 0.755. The minimum absolute atomic E-state index is 0.0981. The molecule has 1 aliphatic rings. The molecule has 1 fully saturated rings. The molecule has 1 heterocycles. The average Bonchev–Trinajstić information content (AvgIpc) is 2.45. The van der Waals surface area contributed by atoms with Crippen molar-refractivity contribution in [3.8, 4) is 12.3 Å². The molecule has 21 heavy (non-hydrogen) atoms. The van der Waals surface area contributed by atoms with Gasteiger partial charge in [0.2, 0.25) is 10.0 Å². The van der Waals surface area contributed by atoms with Gasteiger partial charge in [-0.2, -0.15) is 4.31 Å². The van der Waals surface area contributed by atoms with Gasteiger partial charge in [0.1, 0.15) is 5.82 Å². The van der Waals surface area contributed by atoms with Gasteiger partial charge in [0.05, 0.1) is 4.90 Å². The summed E-state index contributed by atoms with van der Waals surface area (Å²) in [5.41, 5.74) is 0. The first-order valence-electron chi connectivity index (χ1n) is 6.56. The lowest BCUT2D eigenvalue weighted by atomic mass is 10.3. The highest BCUT2D eigenvalue weighted by Crippen LogP contribution is 2.26. The van der Waals surface area contributed by atoms with E-state index in [-0.39, 0.29) is 9.37 Å². The van der Waals surface area contributed by atoms with Crippen LogP contribution in [0.1, 0.15) is 6.42 Å². The predicted molar refractivity (Wildman–Crippen MR) is 82.7 cm³/mol. The number of benzene rings is 1. The summed E-state index contributed by atoms with van der Waals surface area (Å²) in [4.78, 5) is 2.24. The van der Waals surface area contributed by atoms with Crippen LogP contribution < -0.4 is 0 Å². The third-order valence-electron chi connectivity index (χ3n) is 3.42. The van der Waals surface area contributed by atoms with E-state index >= 15 is 0 Å². The van der Waals surface area contributed by atoms with Crippen molar-refractivity contribution in [2.75, 3.05) is 32.7 Å². The highest BCUT2D eigenvalue weighted by Gasteiger charge is 2.29. The second-order valence-electron chi connectivity index (χ2n) is 4.77. The van der Waals surface area contributed by atoms with Gasteiger partial charge in [0.25, 0.3) is 0 Å². The van der Waals surface area contributed by atoms with Crippen LogP contribution in [0.3, 0.4) is 0 Å². The Balaban J connectivity index is 2.10. The van der Waals surface area contributed by atoms with Gasteiger partial charge in [-0.15, -0.1) is 12.3 Å². The Labute approximate surface area is 133 Å². The number of halogens is 2. The van der Waals surface area contributed by atoms with Crippen molar-refractivity contribution in [3.63, 3.8) is 0 Å². The topological polar surface area (TPSA) is 40.6 Å². The van der Waals surface area contributed by atoms with E-state index in [0.29, 0.717) is 32.6 Å². The van der Waals surface area contributed by atoms with Gasteiger partial charge in [-0.25, -0.2) is 12.8 Å². The molecular formula is C14H16BrFN2O2S. The van der Waals surface area contributed by atoms with E-state index in [4.69, 9.17) is 6.42 Å². The van der Waals surface area contributed by atoms with E-state index < -0.39 is 15.8 Å². The summed E-state index contributed by atoms with van der Waals surface area (Å²) in [6.07, 6.45) is 5.89. The maximum absolute atomic E-state index is 13.1. The fourth-order valence-corrected chi connectivity index (χ4v) is 4.67. The zero-order valence-electron chi connectivity index (χ0n) is 11.4. The van der Waals surface area contributed by atoms with Gasteiger partial charge < -0.3 is 0 Å². The summed E-state index contributed by atoms with van der Waals surface area (Å²) in [6.45, 7) is 2.91. The molecule has 1 saturated heterocycles. The van der Waals surface area contributed by atoms with Crippen molar-refractivity contribution >= 4 is 26.0 Å². The first-order chi connectivity index (χ1) is 9.95. The van der Waals surface area contributed by atoms with Gasteiger partial charge in [-0.1, -0.05) is 0 Å². The van der Waals surface area contributed by atoms with Gasteiger partial charge >= 0.3 is 0 Å². The summed E-state index contributed by atoms with van der Waals surface area (Å²) < 4.78 is 39.9. The van der Waals surface area contributed by atoms with Gasteiger partial charge in [0, 0.05) is 43.6 Å². The molecule has 1 aromatic carbocycles. The third kappa shape index (κ3) is 3.83. The minimum atomic E-state index is -3.60. The summed E-state index contributed by atoms with van der Waals surface area (Å²) in [7, 11) is -3.60. The van der Waals surface area contributed by atoms with Crippen LogP contribution in [0.15, 0.2) is 27.6 Å². The number of piperazine rings is 1. The largest absolute Gasteiger partial charge is 0.300 e. The van der Waals surface area contributed by atoms with Crippen LogP contribution >= 0.6 is 15.9 Å². The molecule has 114 valence electrons.